The highest BCUT2D eigenvalue weighted by molar-refractivity contribution is 6.04. The maximum Gasteiger partial charge on any atom is 0.277 e. The first-order valence-corrected chi connectivity index (χ1v) is 9.12. The fourth-order valence-corrected chi connectivity index (χ4v) is 3.28. The first kappa shape index (κ1) is 18.2. The topological polar surface area (TPSA) is 84.2 Å². The maximum atomic E-state index is 12.6. The van der Waals surface area contributed by atoms with Gasteiger partial charge in [0.1, 0.15) is 5.76 Å². The van der Waals surface area contributed by atoms with Crippen LogP contribution < -0.4 is 10.6 Å². The number of aromatic nitrogens is 1. The molecule has 3 rings (SSSR count). The summed E-state index contributed by atoms with van der Waals surface area (Å²) in [7, 11) is 0. The van der Waals surface area contributed by atoms with E-state index >= 15 is 0 Å². The van der Waals surface area contributed by atoms with Crippen LogP contribution in [-0.4, -0.2) is 16.8 Å². The van der Waals surface area contributed by atoms with Crippen molar-refractivity contribution in [1.82, 2.24) is 4.98 Å². The van der Waals surface area contributed by atoms with Crippen molar-refractivity contribution in [3.05, 3.63) is 41.6 Å². The summed E-state index contributed by atoms with van der Waals surface area (Å²) in [4.78, 5) is 28.9. The molecule has 0 aliphatic heterocycles. The predicted octanol–water partition coefficient (Wildman–Crippen LogP) is 4.49. The standard InChI is InChI=1S/C20H25N3O3/c1-12(2)18-17(21-11-26-18)20(25)23-16-10-15(9-8-13(16)3)22-19(24)14-6-4-5-7-14/h8-12,14H,4-7H2,1-3H3,(H,22,24)(H,23,25). The Bertz CT molecular complexity index is 804. The summed E-state index contributed by atoms with van der Waals surface area (Å²) < 4.78 is 5.32. The normalized spacial score (nSPS) is 14.6. The van der Waals surface area contributed by atoms with Gasteiger partial charge in [-0.25, -0.2) is 4.98 Å². The second-order valence-electron chi connectivity index (χ2n) is 7.17. The average molecular weight is 355 g/mol. The molecular weight excluding hydrogens is 330 g/mol. The lowest BCUT2D eigenvalue weighted by atomic mass is 10.1. The zero-order valence-electron chi connectivity index (χ0n) is 15.5. The molecule has 2 N–H and O–H groups in total. The number of hydrogen-bond donors (Lipinski definition) is 2. The number of anilines is 2. The van der Waals surface area contributed by atoms with Crippen LogP contribution in [0.3, 0.4) is 0 Å². The third-order valence-electron chi connectivity index (χ3n) is 4.81. The molecule has 1 heterocycles. The smallest absolute Gasteiger partial charge is 0.277 e. The van der Waals surface area contributed by atoms with Crippen molar-refractivity contribution >= 4 is 23.2 Å². The van der Waals surface area contributed by atoms with E-state index in [-0.39, 0.29) is 23.7 Å². The largest absolute Gasteiger partial charge is 0.447 e. The summed E-state index contributed by atoms with van der Waals surface area (Å²) in [6.07, 6.45) is 5.42. The van der Waals surface area contributed by atoms with Gasteiger partial charge >= 0.3 is 0 Å². The molecule has 0 atom stereocenters. The highest BCUT2D eigenvalue weighted by Crippen LogP contribution is 2.27. The highest BCUT2D eigenvalue weighted by atomic mass is 16.3. The van der Waals surface area contributed by atoms with Crippen molar-refractivity contribution in [2.75, 3.05) is 10.6 Å². The van der Waals surface area contributed by atoms with Crippen LogP contribution in [0.2, 0.25) is 0 Å². The number of carbonyl (C=O) groups is 2. The molecule has 6 heteroatoms. The van der Waals surface area contributed by atoms with Gasteiger partial charge in [0.15, 0.2) is 12.1 Å². The van der Waals surface area contributed by atoms with E-state index in [1.165, 1.54) is 6.39 Å². The Labute approximate surface area is 153 Å². The van der Waals surface area contributed by atoms with E-state index in [9.17, 15) is 9.59 Å². The number of benzene rings is 1. The predicted molar refractivity (Wildman–Crippen MR) is 100 cm³/mol. The first-order chi connectivity index (χ1) is 12.5. The van der Waals surface area contributed by atoms with Crippen molar-refractivity contribution in [1.29, 1.82) is 0 Å². The van der Waals surface area contributed by atoms with Crippen LogP contribution in [0.4, 0.5) is 11.4 Å². The van der Waals surface area contributed by atoms with Crippen LogP contribution in [0.15, 0.2) is 29.0 Å². The van der Waals surface area contributed by atoms with Gasteiger partial charge in [0.05, 0.1) is 0 Å². The molecule has 1 fully saturated rings. The Morgan fingerprint density at radius 2 is 1.92 bits per heavy atom. The van der Waals surface area contributed by atoms with Crippen LogP contribution >= 0.6 is 0 Å². The Morgan fingerprint density at radius 1 is 1.19 bits per heavy atom. The van der Waals surface area contributed by atoms with Gasteiger partial charge in [0.2, 0.25) is 5.91 Å². The van der Waals surface area contributed by atoms with Crippen molar-refractivity contribution in [2.24, 2.45) is 5.92 Å². The van der Waals surface area contributed by atoms with E-state index in [4.69, 9.17) is 4.42 Å². The van der Waals surface area contributed by atoms with E-state index in [0.717, 1.165) is 31.2 Å². The number of rotatable bonds is 5. The Balaban J connectivity index is 1.74. The van der Waals surface area contributed by atoms with Crippen molar-refractivity contribution in [3.63, 3.8) is 0 Å². The first-order valence-electron chi connectivity index (χ1n) is 9.12. The number of aryl methyl sites for hydroxylation is 1. The molecule has 1 aliphatic carbocycles. The molecule has 1 aromatic carbocycles. The Hall–Kier alpha value is -2.63. The highest BCUT2D eigenvalue weighted by Gasteiger charge is 2.23. The van der Waals surface area contributed by atoms with E-state index in [1.54, 1.807) is 6.07 Å². The number of carbonyl (C=O) groups excluding carboxylic acids is 2. The second kappa shape index (κ2) is 7.72. The molecule has 0 spiro atoms. The molecule has 138 valence electrons. The lowest BCUT2D eigenvalue weighted by molar-refractivity contribution is -0.119. The molecule has 0 radical (unpaired) electrons. The summed E-state index contributed by atoms with van der Waals surface area (Å²) in [5, 5.41) is 5.84. The maximum absolute atomic E-state index is 12.6. The van der Waals surface area contributed by atoms with Crippen LogP contribution in [0, 0.1) is 12.8 Å². The van der Waals surface area contributed by atoms with Gasteiger partial charge in [-0.1, -0.05) is 32.8 Å². The van der Waals surface area contributed by atoms with Crippen LogP contribution in [-0.2, 0) is 4.79 Å². The quantitative estimate of drug-likeness (QED) is 0.828. The van der Waals surface area contributed by atoms with E-state index < -0.39 is 0 Å². The van der Waals surface area contributed by atoms with Crippen LogP contribution in [0.1, 0.15) is 67.3 Å². The number of oxazole rings is 1. The van der Waals surface area contributed by atoms with Gasteiger partial charge in [-0.2, -0.15) is 0 Å². The monoisotopic (exact) mass is 355 g/mol. The van der Waals surface area contributed by atoms with Gasteiger partial charge in [-0.3, -0.25) is 9.59 Å². The van der Waals surface area contributed by atoms with E-state index in [0.29, 0.717) is 22.8 Å². The second-order valence-corrected chi connectivity index (χ2v) is 7.17. The average Bonchev–Trinajstić information content (AvgIpc) is 3.29. The van der Waals surface area contributed by atoms with Gasteiger partial charge in [-0.05, 0) is 37.5 Å². The SMILES string of the molecule is Cc1ccc(NC(=O)C2CCCC2)cc1NC(=O)c1ncoc1C(C)C. The minimum atomic E-state index is -0.315. The summed E-state index contributed by atoms with van der Waals surface area (Å²) in [6, 6.07) is 5.52. The minimum Gasteiger partial charge on any atom is -0.447 e. The zero-order valence-corrected chi connectivity index (χ0v) is 15.5. The summed E-state index contributed by atoms with van der Waals surface area (Å²) >= 11 is 0. The van der Waals surface area contributed by atoms with Gasteiger partial charge in [-0.15, -0.1) is 0 Å². The number of hydrogen-bond acceptors (Lipinski definition) is 4. The lowest BCUT2D eigenvalue weighted by Crippen LogP contribution is -2.20. The van der Waals surface area contributed by atoms with Gasteiger partial charge in [0.25, 0.3) is 5.91 Å². The molecule has 0 bridgehead atoms. The molecule has 2 aromatic rings. The molecule has 26 heavy (non-hydrogen) atoms. The third-order valence-corrected chi connectivity index (χ3v) is 4.81. The summed E-state index contributed by atoms with van der Waals surface area (Å²) in [5.74, 6) is 0.465. The number of nitrogens with zero attached hydrogens (tertiary/aromatic N) is 1. The van der Waals surface area contributed by atoms with Crippen LogP contribution in [0.25, 0.3) is 0 Å². The molecular formula is C20H25N3O3. The molecule has 2 amide bonds. The van der Waals surface area contributed by atoms with Crippen molar-refractivity contribution in [2.45, 2.75) is 52.4 Å². The minimum absolute atomic E-state index is 0.0576. The van der Waals surface area contributed by atoms with Crippen LogP contribution in [0.5, 0.6) is 0 Å². The molecule has 0 saturated heterocycles. The fourth-order valence-electron chi connectivity index (χ4n) is 3.28. The van der Waals surface area contributed by atoms with Crippen molar-refractivity contribution in [3.8, 4) is 0 Å². The van der Waals surface area contributed by atoms with Crippen molar-refractivity contribution < 1.29 is 14.0 Å². The van der Waals surface area contributed by atoms with Gasteiger partial charge in [0, 0.05) is 23.2 Å². The Morgan fingerprint density at radius 3 is 2.62 bits per heavy atom. The fraction of sp³-hybridized carbons (Fsp3) is 0.450. The van der Waals surface area contributed by atoms with Gasteiger partial charge < -0.3 is 15.1 Å². The summed E-state index contributed by atoms with van der Waals surface area (Å²) in [5.41, 5.74) is 2.54. The summed E-state index contributed by atoms with van der Waals surface area (Å²) in [6.45, 7) is 5.80. The van der Waals surface area contributed by atoms with E-state index in [2.05, 4.69) is 15.6 Å². The molecule has 6 nitrogen and oxygen atoms in total. The lowest BCUT2D eigenvalue weighted by Gasteiger charge is -2.13. The third kappa shape index (κ3) is 3.95. The van der Waals surface area contributed by atoms with E-state index in [1.807, 2.05) is 32.9 Å². The molecule has 1 aromatic heterocycles. The Kier molecular flexibility index (Phi) is 5.40. The number of nitrogens with one attached hydrogen (secondary N) is 2. The molecule has 1 saturated carbocycles. The number of amides is 2. The molecule has 1 aliphatic rings. The zero-order chi connectivity index (χ0) is 18.7. The molecule has 0 unspecified atom stereocenters.